The van der Waals surface area contributed by atoms with Gasteiger partial charge in [-0.1, -0.05) is 19.3 Å². The average Bonchev–Trinajstić information content (AvgIpc) is 3.01. The van der Waals surface area contributed by atoms with Crippen molar-refractivity contribution < 1.29 is 23.9 Å². The molecule has 1 fully saturated rings. The Labute approximate surface area is 175 Å². The number of fused-ring (bicyclic) bond motifs is 1. The molecule has 0 saturated heterocycles. The molecule has 3 rings (SSSR count). The number of hydrogen-bond donors (Lipinski definition) is 0. The molecule has 3 amide bonds. The lowest BCUT2D eigenvalue weighted by molar-refractivity contribution is -0.136. The lowest BCUT2D eigenvalue weighted by Crippen LogP contribution is -2.45. The number of likely N-dealkylation sites (N-methyl/N-ethyl adjacent to an activating group) is 1. The first-order chi connectivity index (χ1) is 14.2. The first kappa shape index (κ1) is 21.5. The van der Waals surface area contributed by atoms with Gasteiger partial charge in [0.1, 0.15) is 5.54 Å². The van der Waals surface area contributed by atoms with Crippen LogP contribution in [0.4, 0.5) is 0 Å². The summed E-state index contributed by atoms with van der Waals surface area (Å²) in [5.41, 5.74) is -0.468. The van der Waals surface area contributed by atoms with E-state index in [1.165, 1.54) is 35.0 Å². The van der Waals surface area contributed by atoms with Crippen molar-refractivity contribution in [2.75, 3.05) is 13.7 Å². The Bertz CT molecular complexity index is 941. The summed E-state index contributed by atoms with van der Waals surface area (Å²) in [5, 5.41) is 9.11. The molecule has 0 N–H and O–H groups in total. The highest BCUT2D eigenvalue weighted by molar-refractivity contribution is 6.22. The normalized spacial score (nSPS) is 16.8. The topological polar surface area (TPSA) is 108 Å². The number of amides is 3. The molecule has 1 aliphatic carbocycles. The third-order valence-corrected chi connectivity index (χ3v) is 5.91. The van der Waals surface area contributed by atoms with Crippen LogP contribution in [0.3, 0.4) is 0 Å². The van der Waals surface area contributed by atoms with Crippen LogP contribution in [0.15, 0.2) is 18.2 Å². The summed E-state index contributed by atoms with van der Waals surface area (Å²) < 4.78 is 5.07. The molecule has 158 valence electrons. The molecule has 1 aliphatic heterocycles. The van der Waals surface area contributed by atoms with Crippen molar-refractivity contribution in [3.8, 4) is 6.07 Å². The Kier molecular flexibility index (Phi) is 5.92. The highest BCUT2D eigenvalue weighted by Crippen LogP contribution is 2.31. The van der Waals surface area contributed by atoms with E-state index in [1.54, 1.807) is 13.8 Å². The molecule has 1 saturated carbocycles. The van der Waals surface area contributed by atoms with Gasteiger partial charge in [-0.15, -0.1) is 0 Å². The molecule has 1 heterocycles. The molecule has 0 spiro atoms. The quantitative estimate of drug-likeness (QED) is 0.544. The maximum absolute atomic E-state index is 12.8. The second kappa shape index (κ2) is 8.27. The van der Waals surface area contributed by atoms with Gasteiger partial charge in [-0.05, 0) is 44.9 Å². The molecule has 30 heavy (non-hydrogen) atoms. The largest absolute Gasteiger partial charge is 0.452 e. The van der Waals surface area contributed by atoms with E-state index < -0.39 is 24.0 Å². The Balaban J connectivity index is 1.70. The van der Waals surface area contributed by atoms with Crippen LogP contribution in [0, 0.1) is 11.3 Å². The molecule has 0 bridgehead atoms. The van der Waals surface area contributed by atoms with Gasteiger partial charge in [0.05, 0.1) is 22.8 Å². The molecule has 8 nitrogen and oxygen atoms in total. The lowest BCUT2D eigenvalue weighted by atomic mass is 9.94. The summed E-state index contributed by atoms with van der Waals surface area (Å²) in [6.07, 6.45) is 4.68. The Morgan fingerprint density at radius 3 is 2.43 bits per heavy atom. The SMILES string of the molecule is CN(C(=O)COC(=O)c1ccc2c(c1)C(=O)N(C1CCCCC1)C2=O)C(C)(C)C#N. The summed E-state index contributed by atoms with van der Waals surface area (Å²) in [4.78, 5) is 52.6. The van der Waals surface area contributed by atoms with Gasteiger partial charge in [0.2, 0.25) is 0 Å². The molecule has 0 atom stereocenters. The average molecular weight is 411 g/mol. The van der Waals surface area contributed by atoms with Gasteiger partial charge in [0.15, 0.2) is 6.61 Å². The van der Waals surface area contributed by atoms with E-state index in [9.17, 15) is 19.2 Å². The van der Waals surface area contributed by atoms with Crippen molar-refractivity contribution in [3.05, 3.63) is 34.9 Å². The second-order valence-corrected chi connectivity index (χ2v) is 8.23. The molecule has 1 aromatic rings. The molecular formula is C22H25N3O5. The van der Waals surface area contributed by atoms with Crippen LogP contribution in [0.5, 0.6) is 0 Å². The number of esters is 1. The molecule has 2 aliphatic rings. The van der Waals surface area contributed by atoms with E-state index >= 15 is 0 Å². The standard InChI is InChI=1S/C22H25N3O5/c1-22(2,13-23)24(3)18(26)12-30-21(29)14-9-10-16-17(11-14)20(28)25(19(16)27)15-7-5-4-6-8-15/h9-11,15H,4-8,12H2,1-3H3. The zero-order valence-electron chi connectivity index (χ0n) is 17.4. The summed E-state index contributed by atoms with van der Waals surface area (Å²) in [6, 6.07) is 6.14. The number of carbonyl (C=O) groups is 4. The Morgan fingerprint density at radius 2 is 1.80 bits per heavy atom. The van der Waals surface area contributed by atoms with Crippen molar-refractivity contribution in [2.24, 2.45) is 0 Å². The zero-order valence-corrected chi connectivity index (χ0v) is 17.4. The highest BCUT2D eigenvalue weighted by atomic mass is 16.5. The molecule has 0 aromatic heterocycles. The number of carbonyl (C=O) groups excluding carboxylic acids is 4. The monoisotopic (exact) mass is 411 g/mol. The van der Waals surface area contributed by atoms with Gasteiger partial charge in [0.25, 0.3) is 17.7 Å². The fraction of sp³-hybridized carbons (Fsp3) is 0.500. The number of imide groups is 1. The van der Waals surface area contributed by atoms with Gasteiger partial charge in [-0.3, -0.25) is 19.3 Å². The van der Waals surface area contributed by atoms with Gasteiger partial charge >= 0.3 is 5.97 Å². The molecular weight excluding hydrogens is 386 g/mol. The second-order valence-electron chi connectivity index (χ2n) is 8.23. The summed E-state index contributed by atoms with van der Waals surface area (Å²) in [7, 11) is 1.46. The van der Waals surface area contributed by atoms with Crippen molar-refractivity contribution in [2.45, 2.75) is 57.5 Å². The number of ether oxygens (including phenoxy) is 1. The van der Waals surface area contributed by atoms with Crippen LogP contribution in [0.2, 0.25) is 0 Å². The zero-order chi connectivity index (χ0) is 22.1. The van der Waals surface area contributed by atoms with Gasteiger partial charge in [0, 0.05) is 13.1 Å². The third kappa shape index (κ3) is 3.92. The number of nitriles is 1. The first-order valence-corrected chi connectivity index (χ1v) is 10.0. The van der Waals surface area contributed by atoms with Crippen LogP contribution in [-0.4, -0.2) is 58.7 Å². The number of benzene rings is 1. The maximum atomic E-state index is 12.8. The Hall–Kier alpha value is -3.21. The van der Waals surface area contributed by atoms with E-state index in [4.69, 9.17) is 10.00 Å². The third-order valence-electron chi connectivity index (χ3n) is 5.91. The summed E-state index contributed by atoms with van der Waals surface area (Å²) in [5.74, 6) is -2.00. The van der Waals surface area contributed by atoms with Crippen LogP contribution < -0.4 is 0 Å². The minimum Gasteiger partial charge on any atom is -0.452 e. The minimum absolute atomic E-state index is 0.0930. The van der Waals surface area contributed by atoms with E-state index in [1.807, 2.05) is 6.07 Å². The van der Waals surface area contributed by atoms with Crippen LogP contribution in [0.25, 0.3) is 0 Å². The Morgan fingerprint density at radius 1 is 1.17 bits per heavy atom. The maximum Gasteiger partial charge on any atom is 0.338 e. The van der Waals surface area contributed by atoms with E-state index in [2.05, 4.69) is 0 Å². The molecule has 0 unspecified atom stereocenters. The highest BCUT2D eigenvalue weighted by Gasteiger charge is 2.40. The van der Waals surface area contributed by atoms with Gasteiger partial charge in [-0.2, -0.15) is 5.26 Å². The minimum atomic E-state index is -1.04. The van der Waals surface area contributed by atoms with Crippen molar-refractivity contribution in [3.63, 3.8) is 0 Å². The molecule has 0 radical (unpaired) electrons. The van der Waals surface area contributed by atoms with Crippen LogP contribution in [0.1, 0.15) is 77.0 Å². The van der Waals surface area contributed by atoms with E-state index in [0.29, 0.717) is 0 Å². The molecule has 8 heteroatoms. The molecule has 1 aromatic carbocycles. The predicted octanol–water partition coefficient (Wildman–Crippen LogP) is 2.53. The van der Waals surface area contributed by atoms with E-state index in [-0.39, 0.29) is 34.5 Å². The van der Waals surface area contributed by atoms with Crippen LogP contribution in [-0.2, 0) is 9.53 Å². The van der Waals surface area contributed by atoms with Crippen molar-refractivity contribution in [1.29, 1.82) is 5.26 Å². The van der Waals surface area contributed by atoms with Crippen LogP contribution >= 0.6 is 0 Å². The number of nitrogens with zero attached hydrogens (tertiary/aromatic N) is 3. The number of hydrogen-bond acceptors (Lipinski definition) is 6. The summed E-state index contributed by atoms with van der Waals surface area (Å²) in [6.45, 7) is 2.63. The fourth-order valence-electron chi connectivity index (χ4n) is 3.75. The first-order valence-electron chi connectivity index (χ1n) is 10.0. The van der Waals surface area contributed by atoms with E-state index in [0.717, 1.165) is 32.1 Å². The smallest absolute Gasteiger partial charge is 0.338 e. The van der Waals surface area contributed by atoms with Gasteiger partial charge < -0.3 is 9.64 Å². The van der Waals surface area contributed by atoms with Crippen molar-refractivity contribution in [1.82, 2.24) is 9.80 Å². The van der Waals surface area contributed by atoms with Gasteiger partial charge in [-0.25, -0.2) is 4.79 Å². The predicted molar refractivity (Wildman–Crippen MR) is 107 cm³/mol. The summed E-state index contributed by atoms with van der Waals surface area (Å²) >= 11 is 0. The fourth-order valence-corrected chi connectivity index (χ4v) is 3.75. The lowest BCUT2D eigenvalue weighted by Gasteiger charge is -2.29. The number of rotatable bonds is 5. The van der Waals surface area contributed by atoms with Crippen molar-refractivity contribution >= 4 is 23.7 Å².